The number of nitrogens with one attached hydrogen (secondary N) is 1. The van der Waals surface area contributed by atoms with Crippen LogP contribution in [0.5, 0.6) is 0 Å². The first kappa shape index (κ1) is 8.04. The van der Waals surface area contributed by atoms with Crippen LogP contribution in [0, 0.1) is 0 Å². The first-order valence-corrected chi connectivity index (χ1v) is 3.74. The number of hydrogen-bond acceptors (Lipinski definition) is 2. The predicted octanol–water partition coefficient (Wildman–Crippen LogP) is -0.358. The Balaban J connectivity index is 2.29. The third-order valence-corrected chi connectivity index (χ3v) is 1.65. The van der Waals surface area contributed by atoms with Gasteiger partial charge in [-0.05, 0) is 13.3 Å². The van der Waals surface area contributed by atoms with Crippen LogP contribution in [0.1, 0.15) is 19.8 Å². The van der Waals surface area contributed by atoms with Gasteiger partial charge in [-0.1, -0.05) is 0 Å². The average molecular weight is 155 g/mol. The van der Waals surface area contributed by atoms with Gasteiger partial charge in [-0.25, -0.2) is 0 Å². The van der Waals surface area contributed by atoms with Gasteiger partial charge < -0.3 is 11.1 Å². The Bertz CT molecular complexity index is 184. The van der Waals surface area contributed by atoms with Gasteiger partial charge in [-0.2, -0.15) is 0 Å². The maximum absolute atomic E-state index is 10.7. The number of amidine groups is 1. The maximum atomic E-state index is 10.7. The van der Waals surface area contributed by atoms with E-state index in [2.05, 4.69) is 10.3 Å². The molecule has 0 aromatic heterocycles. The fraction of sp³-hybridized carbons (Fsp3) is 0.714. The Hall–Kier alpha value is -1.06. The van der Waals surface area contributed by atoms with Crippen LogP contribution in [-0.2, 0) is 4.79 Å². The fourth-order valence-electron chi connectivity index (χ4n) is 1.07. The summed E-state index contributed by atoms with van der Waals surface area (Å²) in [5.41, 5.74) is 5.34. The molecule has 3 N–H and O–H groups in total. The summed E-state index contributed by atoms with van der Waals surface area (Å²) in [6.07, 6.45) is 1.51. The van der Waals surface area contributed by atoms with Crippen LogP contribution in [-0.4, -0.2) is 24.3 Å². The van der Waals surface area contributed by atoms with E-state index in [0.717, 1.165) is 6.42 Å². The first-order chi connectivity index (χ1) is 5.18. The fourth-order valence-corrected chi connectivity index (χ4v) is 1.07. The minimum absolute atomic E-state index is 0.125. The molecule has 1 saturated heterocycles. The molecule has 1 aliphatic rings. The van der Waals surface area contributed by atoms with Crippen LogP contribution in [0.2, 0.25) is 0 Å². The van der Waals surface area contributed by atoms with Crippen LogP contribution in [0.4, 0.5) is 0 Å². The van der Waals surface area contributed by atoms with Gasteiger partial charge in [0.2, 0.25) is 5.91 Å². The molecular weight excluding hydrogens is 142 g/mol. The zero-order valence-corrected chi connectivity index (χ0v) is 6.63. The van der Waals surface area contributed by atoms with Gasteiger partial charge in [0.25, 0.3) is 0 Å². The summed E-state index contributed by atoms with van der Waals surface area (Å²) in [6, 6.07) is 0.209. The molecule has 0 aliphatic carbocycles. The second-order valence-corrected chi connectivity index (χ2v) is 2.79. The van der Waals surface area contributed by atoms with E-state index in [1.165, 1.54) is 0 Å². The Morgan fingerprint density at radius 3 is 3.09 bits per heavy atom. The van der Waals surface area contributed by atoms with E-state index in [1.54, 1.807) is 6.92 Å². The second-order valence-electron chi connectivity index (χ2n) is 2.79. The molecular formula is C7H13N3O. The van der Waals surface area contributed by atoms with Gasteiger partial charge in [0.05, 0.1) is 12.4 Å². The minimum Gasteiger partial charge on any atom is -0.388 e. The van der Waals surface area contributed by atoms with Gasteiger partial charge in [0, 0.05) is 12.5 Å². The van der Waals surface area contributed by atoms with Crippen molar-refractivity contribution >= 4 is 11.7 Å². The summed E-state index contributed by atoms with van der Waals surface area (Å²) in [7, 11) is 0. The average Bonchev–Trinajstić information content (AvgIpc) is 2.31. The molecule has 1 aliphatic heterocycles. The standard InChI is InChI=1S/C7H13N3O/c1-5(8)9-4-6-2-3-7(11)10-6/h6H,2-4H2,1H3,(H2,8,9)(H,10,11). The predicted molar refractivity (Wildman–Crippen MR) is 43.3 cm³/mol. The van der Waals surface area contributed by atoms with E-state index < -0.39 is 0 Å². The van der Waals surface area contributed by atoms with E-state index in [1.807, 2.05) is 0 Å². The summed E-state index contributed by atoms with van der Waals surface area (Å²) in [5, 5.41) is 2.81. The normalized spacial score (nSPS) is 25.4. The van der Waals surface area contributed by atoms with Gasteiger partial charge >= 0.3 is 0 Å². The van der Waals surface area contributed by atoms with Crippen molar-refractivity contribution in [2.75, 3.05) is 6.54 Å². The number of nitrogens with zero attached hydrogens (tertiary/aromatic N) is 1. The molecule has 0 aromatic rings. The number of carbonyl (C=O) groups excluding carboxylic acids is 1. The van der Waals surface area contributed by atoms with E-state index in [-0.39, 0.29) is 11.9 Å². The van der Waals surface area contributed by atoms with Gasteiger partial charge in [-0.15, -0.1) is 0 Å². The highest BCUT2D eigenvalue weighted by Crippen LogP contribution is 2.05. The molecule has 11 heavy (non-hydrogen) atoms. The molecule has 4 heteroatoms. The quantitative estimate of drug-likeness (QED) is 0.422. The van der Waals surface area contributed by atoms with E-state index >= 15 is 0 Å². The van der Waals surface area contributed by atoms with Crippen molar-refractivity contribution in [2.24, 2.45) is 10.7 Å². The van der Waals surface area contributed by atoms with Crippen molar-refractivity contribution < 1.29 is 4.79 Å². The molecule has 0 bridgehead atoms. The highest BCUT2D eigenvalue weighted by atomic mass is 16.1. The molecule has 0 aromatic carbocycles. The van der Waals surface area contributed by atoms with Gasteiger partial charge in [-0.3, -0.25) is 9.79 Å². The molecule has 1 fully saturated rings. The highest BCUT2D eigenvalue weighted by Gasteiger charge is 2.19. The third kappa shape index (κ3) is 2.57. The zero-order chi connectivity index (χ0) is 8.27. The molecule has 62 valence electrons. The first-order valence-electron chi connectivity index (χ1n) is 3.74. The summed E-state index contributed by atoms with van der Waals surface area (Å²) in [4.78, 5) is 14.7. The van der Waals surface area contributed by atoms with Crippen LogP contribution in [0.25, 0.3) is 0 Å². The number of hydrogen-bond donors (Lipinski definition) is 2. The Morgan fingerprint density at radius 1 is 1.91 bits per heavy atom. The molecule has 1 amide bonds. The highest BCUT2D eigenvalue weighted by molar-refractivity contribution is 5.79. The lowest BCUT2D eigenvalue weighted by molar-refractivity contribution is -0.119. The Kier molecular flexibility index (Phi) is 2.46. The molecule has 0 spiro atoms. The molecule has 0 radical (unpaired) electrons. The van der Waals surface area contributed by atoms with Crippen molar-refractivity contribution in [3.8, 4) is 0 Å². The number of aliphatic imine (C=N–C) groups is 1. The van der Waals surface area contributed by atoms with Crippen molar-refractivity contribution in [3.05, 3.63) is 0 Å². The minimum atomic E-state index is 0.125. The van der Waals surface area contributed by atoms with Crippen molar-refractivity contribution in [1.82, 2.24) is 5.32 Å². The van der Waals surface area contributed by atoms with Crippen molar-refractivity contribution in [3.63, 3.8) is 0 Å². The van der Waals surface area contributed by atoms with Crippen LogP contribution >= 0.6 is 0 Å². The molecule has 1 unspecified atom stereocenters. The van der Waals surface area contributed by atoms with Crippen molar-refractivity contribution in [2.45, 2.75) is 25.8 Å². The second kappa shape index (κ2) is 3.37. The van der Waals surface area contributed by atoms with Crippen LogP contribution in [0.15, 0.2) is 4.99 Å². The number of rotatable bonds is 2. The lowest BCUT2D eigenvalue weighted by Gasteiger charge is -2.04. The van der Waals surface area contributed by atoms with Crippen molar-refractivity contribution in [1.29, 1.82) is 0 Å². The molecule has 1 rings (SSSR count). The molecule has 4 nitrogen and oxygen atoms in total. The lowest BCUT2D eigenvalue weighted by atomic mass is 10.2. The third-order valence-electron chi connectivity index (χ3n) is 1.65. The summed E-state index contributed by atoms with van der Waals surface area (Å²) in [5.74, 6) is 0.700. The van der Waals surface area contributed by atoms with Crippen LogP contribution in [0.3, 0.4) is 0 Å². The van der Waals surface area contributed by atoms with E-state index in [0.29, 0.717) is 18.8 Å². The monoisotopic (exact) mass is 155 g/mol. The Morgan fingerprint density at radius 2 is 2.64 bits per heavy atom. The molecule has 1 heterocycles. The summed E-state index contributed by atoms with van der Waals surface area (Å²) >= 11 is 0. The summed E-state index contributed by atoms with van der Waals surface area (Å²) in [6.45, 7) is 2.37. The largest absolute Gasteiger partial charge is 0.388 e. The molecule has 0 saturated carbocycles. The Labute approximate surface area is 65.9 Å². The lowest BCUT2D eigenvalue weighted by Crippen LogP contribution is -2.28. The van der Waals surface area contributed by atoms with E-state index in [4.69, 9.17) is 5.73 Å². The van der Waals surface area contributed by atoms with E-state index in [9.17, 15) is 4.79 Å². The molecule has 1 atom stereocenters. The topological polar surface area (TPSA) is 67.5 Å². The zero-order valence-electron chi connectivity index (χ0n) is 6.63. The number of nitrogens with two attached hydrogens (primary N) is 1. The smallest absolute Gasteiger partial charge is 0.220 e. The van der Waals surface area contributed by atoms with Gasteiger partial charge in [0.15, 0.2) is 0 Å². The van der Waals surface area contributed by atoms with Crippen LogP contribution < -0.4 is 11.1 Å². The number of amides is 1. The summed E-state index contributed by atoms with van der Waals surface area (Å²) < 4.78 is 0. The SMILES string of the molecule is CC(N)=NCC1CCC(=O)N1. The maximum Gasteiger partial charge on any atom is 0.220 e. The number of carbonyl (C=O) groups is 1. The van der Waals surface area contributed by atoms with Gasteiger partial charge in [0.1, 0.15) is 0 Å².